The molecule has 3 aromatic rings. The van der Waals surface area contributed by atoms with Crippen LogP contribution in [0, 0.1) is 6.92 Å². The second kappa shape index (κ2) is 5.57. The summed E-state index contributed by atoms with van der Waals surface area (Å²) in [5.41, 5.74) is 5.64. The van der Waals surface area contributed by atoms with Gasteiger partial charge in [0.05, 0.1) is 0 Å². The van der Waals surface area contributed by atoms with E-state index in [1.807, 2.05) is 67.6 Å². The number of aryl methyl sites for hydroxylation is 1. The lowest BCUT2D eigenvalue weighted by molar-refractivity contribution is 0.0977. The van der Waals surface area contributed by atoms with Crippen LogP contribution in [0.4, 0.5) is 0 Å². The van der Waals surface area contributed by atoms with Gasteiger partial charge < -0.3 is 0 Å². The summed E-state index contributed by atoms with van der Waals surface area (Å²) in [6.45, 7) is 2.01. The summed E-state index contributed by atoms with van der Waals surface area (Å²) in [7, 11) is 0. The van der Waals surface area contributed by atoms with Crippen molar-refractivity contribution in [1.29, 1.82) is 0 Å². The lowest BCUT2D eigenvalue weighted by atomic mass is 9.94. The number of rotatable bonds is 3. The molecule has 0 heterocycles. The van der Waals surface area contributed by atoms with Gasteiger partial charge in [0.15, 0.2) is 11.6 Å². The van der Waals surface area contributed by atoms with Gasteiger partial charge in [-0.3, -0.25) is 9.59 Å². The Morgan fingerprint density at radius 3 is 2.33 bits per heavy atom. The average Bonchev–Trinajstić information content (AvgIpc) is 2.88. The van der Waals surface area contributed by atoms with E-state index in [0.29, 0.717) is 23.1 Å². The molecule has 0 aliphatic heterocycles. The van der Waals surface area contributed by atoms with Crippen molar-refractivity contribution in [2.45, 2.75) is 13.3 Å². The molecule has 4 rings (SSSR count). The first-order valence-corrected chi connectivity index (χ1v) is 8.01. The zero-order valence-electron chi connectivity index (χ0n) is 13.4. The fraction of sp³-hybridized carbons (Fsp3) is 0.0909. The van der Waals surface area contributed by atoms with Crippen molar-refractivity contribution in [3.05, 3.63) is 94.5 Å². The normalized spacial score (nSPS) is 12.0. The standard InChI is InChI=1S/C22H16O2/c1-14-6-4-7-15(12-14)13-20(23)19-11-5-10-17-16-8-2-3-9-18(16)22(24)21(17)19/h2-12H,13H2,1H3. The maximum Gasteiger partial charge on any atom is 0.195 e. The second-order valence-corrected chi connectivity index (χ2v) is 6.19. The monoisotopic (exact) mass is 312 g/mol. The highest BCUT2D eigenvalue weighted by atomic mass is 16.1. The van der Waals surface area contributed by atoms with Gasteiger partial charge in [-0.05, 0) is 23.6 Å². The van der Waals surface area contributed by atoms with Crippen LogP contribution in [-0.4, -0.2) is 11.6 Å². The number of benzene rings is 3. The molecule has 3 aromatic carbocycles. The van der Waals surface area contributed by atoms with Gasteiger partial charge in [0.2, 0.25) is 0 Å². The minimum atomic E-state index is -0.0474. The predicted molar refractivity (Wildman–Crippen MR) is 94.5 cm³/mol. The number of hydrogen-bond donors (Lipinski definition) is 0. The molecule has 0 aromatic heterocycles. The Morgan fingerprint density at radius 2 is 1.54 bits per heavy atom. The largest absolute Gasteiger partial charge is 0.294 e. The number of carbonyl (C=O) groups excluding carboxylic acids is 2. The zero-order chi connectivity index (χ0) is 16.7. The number of Topliss-reactive ketones (excluding diaryl/α,β-unsaturated/α-hetero) is 1. The highest BCUT2D eigenvalue weighted by Gasteiger charge is 2.30. The van der Waals surface area contributed by atoms with Gasteiger partial charge >= 0.3 is 0 Å². The van der Waals surface area contributed by atoms with E-state index in [-0.39, 0.29) is 11.6 Å². The second-order valence-electron chi connectivity index (χ2n) is 6.19. The summed E-state index contributed by atoms with van der Waals surface area (Å²) >= 11 is 0. The van der Waals surface area contributed by atoms with Crippen LogP contribution in [0.2, 0.25) is 0 Å². The van der Waals surface area contributed by atoms with E-state index in [0.717, 1.165) is 22.3 Å². The fourth-order valence-corrected chi connectivity index (χ4v) is 3.41. The van der Waals surface area contributed by atoms with Crippen LogP contribution < -0.4 is 0 Å². The maximum atomic E-state index is 12.8. The third-order valence-electron chi connectivity index (χ3n) is 4.50. The molecule has 0 saturated heterocycles. The Hall–Kier alpha value is -3.00. The van der Waals surface area contributed by atoms with Crippen molar-refractivity contribution < 1.29 is 9.59 Å². The Balaban J connectivity index is 1.76. The van der Waals surface area contributed by atoms with Crippen molar-refractivity contribution in [2.75, 3.05) is 0 Å². The van der Waals surface area contributed by atoms with Crippen LogP contribution in [0.15, 0.2) is 66.7 Å². The van der Waals surface area contributed by atoms with Crippen molar-refractivity contribution in [3.63, 3.8) is 0 Å². The molecule has 0 radical (unpaired) electrons. The smallest absolute Gasteiger partial charge is 0.195 e. The molecular formula is C22H16O2. The fourth-order valence-electron chi connectivity index (χ4n) is 3.41. The molecular weight excluding hydrogens is 296 g/mol. The van der Waals surface area contributed by atoms with E-state index in [1.54, 1.807) is 6.07 Å². The molecule has 2 nitrogen and oxygen atoms in total. The lowest BCUT2D eigenvalue weighted by Gasteiger charge is -2.07. The minimum Gasteiger partial charge on any atom is -0.294 e. The number of ketones is 2. The van der Waals surface area contributed by atoms with Crippen LogP contribution in [0.5, 0.6) is 0 Å². The minimum absolute atomic E-state index is 0.0152. The van der Waals surface area contributed by atoms with E-state index in [1.165, 1.54) is 0 Å². The van der Waals surface area contributed by atoms with Gasteiger partial charge in [0, 0.05) is 23.1 Å². The SMILES string of the molecule is Cc1cccc(CC(=O)c2cccc3c2C(=O)c2ccccc2-3)c1. The molecule has 116 valence electrons. The predicted octanol–water partition coefficient (Wildman–Crippen LogP) is 4.63. The van der Waals surface area contributed by atoms with Crippen LogP contribution >= 0.6 is 0 Å². The topological polar surface area (TPSA) is 34.1 Å². The summed E-state index contributed by atoms with van der Waals surface area (Å²) in [6, 6.07) is 21.0. The zero-order valence-corrected chi connectivity index (χ0v) is 13.4. The molecule has 0 bridgehead atoms. The van der Waals surface area contributed by atoms with E-state index in [9.17, 15) is 9.59 Å². The Morgan fingerprint density at radius 1 is 0.833 bits per heavy atom. The molecule has 1 aliphatic rings. The van der Waals surface area contributed by atoms with Crippen molar-refractivity contribution in [3.8, 4) is 11.1 Å². The highest BCUT2D eigenvalue weighted by molar-refractivity contribution is 6.26. The van der Waals surface area contributed by atoms with Gasteiger partial charge in [-0.25, -0.2) is 0 Å². The molecule has 0 N–H and O–H groups in total. The van der Waals surface area contributed by atoms with Gasteiger partial charge in [0.1, 0.15) is 0 Å². The first-order valence-electron chi connectivity index (χ1n) is 8.01. The first kappa shape index (κ1) is 14.6. The van der Waals surface area contributed by atoms with Crippen molar-refractivity contribution in [1.82, 2.24) is 0 Å². The van der Waals surface area contributed by atoms with E-state index >= 15 is 0 Å². The Bertz CT molecular complexity index is 983. The number of carbonyl (C=O) groups is 2. The van der Waals surface area contributed by atoms with E-state index in [2.05, 4.69) is 0 Å². The molecule has 0 spiro atoms. The number of fused-ring (bicyclic) bond motifs is 3. The quantitative estimate of drug-likeness (QED) is 0.517. The summed E-state index contributed by atoms with van der Waals surface area (Å²) < 4.78 is 0. The maximum absolute atomic E-state index is 12.8. The summed E-state index contributed by atoms with van der Waals surface area (Å²) in [5, 5.41) is 0. The molecule has 0 atom stereocenters. The Labute approximate surface area is 140 Å². The molecule has 1 aliphatic carbocycles. The molecule has 0 saturated carbocycles. The first-order chi connectivity index (χ1) is 11.6. The van der Waals surface area contributed by atoms with Crippen molar-refractivity contribution >= 4 is 11.6 Å². The van der Waals surface area contributed by atoms with Gasteiger partial charge in [-0.15, -0.1) is 0 Å². The van der Waals surface area contributed by atoms with Crippen LogP contribution in [0.3, 0.4) is 0 Å². The highest BCUT2D eigenvalue weighted by Crippen LogP contribution is 2.38. The lowest BCUT2D eigenvalue weighted by Crippen LogP contribution is -2.10. The van der Waals surface area contributed by atoms with Crippen LogP contribution in [-0.2, 0) is 6.42 Å². The molecule has 0 amide bonds. The summed E-state index contributed by atoms with van der Waals surface area (Å²) in [5.74, 6) is -0.0626. The number of hydrogen-bond acceptors (Lipinski definition) is 2. The van der Waals surface area contributed by atoms with E-state index < -0.39 is 0 Å². The van der Waals surface area contributed by atoms with Crippen LogP contribution in [0.25, 0.3) is 11.1 Å². The van der Waals surface area contributed by atoms with Crippen molar-refractivity contribution in [2.24, 2.45) is 0 Å². The summed E-state index contributed by atoms with van der Waals surface area (Å²) in [4.78, 5) is 25.6. The summed E-state index contributed by atoms with van der Waals surface area (Å²) in [6.07, 6.45) is 0.307. The Kier molecular flexibility index (Phi) is 3.39. The third kappa shape index (κ3) is 2.28. The molecule has 0 unspecified atom stereocenters. The van der Waals surface area contributed by atoms with Gasteiger partial charge in [0.25, 0.3) is 0 Å². The van der Waals surface area contributed by atoms with Crippen LogP contribution in [0.1, 0.15) is 37.4 Å². The molecule has 24 heavy (non-hydrogen) atoms. The molecule has 2 heteroatoms. The average molecular weight is 312 g/mol. The van der Waals surface area contributed by atoms with E-state index in [4.69, 9.17) is 0 Å². The molecule has 0 fully saturated rings. The van der Waals surface area contributed by atoms with Gasteiger partial charge in [-0.1, -0.05) is 72.3 Å². The third-order valence-corrected chi connectivity index (χ3v) is 4.50. The van der Waals surface area contributed by atoms with Gasteiger partial charge in [-0.2, -0.15) is 0 Å².